The predicted molar refractivity (Wildman–Crippen MR) is 70.5 cm³/mol. The molecule has 0 saturated heterocycles. The van der Waals surface area contributed by atoms with Gasteiger partial charge in [0, 0.05) is 18.4 Å². The molecule has 1 aromatic carbocycles. The molecule has 1 aromatic rings. The van der Waals surface area contributed by atoms with E-state index in [1.807, 2.05) is 0 Å². The number of nitrogens with two attached hydrogens (primary N) is 1. The number of carbonyl (C=O) groups is 2. The molecule has 0 bridgehead atoms. The molecule has 0 aliphatic rings. The first-order valence-electron chi connectivity index (χ1n) is 5.32. The van der Waals surface area contributed by atoms with Crippen molar-refractivity contribution in [3.8, 4) is 0 Å². The van der Waals surface area contributed by atoms with Gasteiger partial charge in [0.25, 0.3) is 0 Å². The second kappa shape index (κ2) is 6.14. The fourth-order valence-electron chi connectivity index (χ4n) is 1.37. The number of Topliss-reactive ketones (excluding diaryl/α,β-unsaturated/α-hetero) is 1. The second-order valence-corrected chi connectivity index (χ2v) is 6.00. The molecule has 0 spiro atoms. The van der Waals surface area contributed by atoms with Gasteiger partial charge in [-0.1, -0.05) is 11.6 Å². The number of primary amides is 1. The van der Waals surface area contributed by atoms with Crippen molar-refractivity contribution in [1.82, 2.24) is 4.72 Å². The first-order valence-corrected chi connectivity index (χ1v) is 7.18. The zero-order valence-electron chi connectivity index (χ0n) is 10.1. The van der Waals surface area contributed by atoms with Crippen molar-refractivity contribution in [3.05, 3.63) is 28.8 Å². The second-order valence-electron chi connectivity index (χ2n) is 3.74. The summed E-state index contributed by atoms with van der Waals surface area (Å²) in [6, 6.07) is 3.90. The topological polar surface area (TPSA) is 106 Å². The van der Waals surface area contributed by atoms with Gasteiger partial charge in [-0.3, -0.25) is 9.59 Å². The highest BCUT2D eigenvalue weighted by Crippen LogP contribution is 2.23. The highest BCUT2D eigenvalue weighted by molar-refractivity contribution is 7.89. The highest BCUT2D eigenvalue weighted by atomic mass is 35.5. The summed E-state index contributed by atoms with van der Waals surface area (Å²) in [4.78, 5) is 22.2. The molecular formula is C11H13ClN2O4S. The molecule has 0 aliphatic heterocycles. The Kier molecular flexibility index (Phi) is 5.04. The Morgan fingerprint density at radius 1 is 1.32 bits per heavy atom. The van der Waals surface area contributed by atoms with Gasteiger partial charge in [-0.2, -0.15) is 0 Å². The number of benzene rings is 1. The molecular weight excluding hydrogens is 292 g/mol. The molecule has 0 radical (unpaired) electrons. The number of sulfonamides is 1. The van der Waals surface area contributed by atoms with Gasteiger partial charge in [0.15, 0.2) is 5.78 Å². The maximum Gasteiger partial charge on any atom is 0.241 e. The Labute approximate surface area is 116 Å². The van der Waals surface area contributed by atoms with Crippen LogP contribution >= 0.6 is 11.6 Å². The Balaban J connectivity index is 3.10. The van der Waals surface area contributed by atoms with Crippen LogP contribution in [0.25, 0.3) is 0 Å². The van der Waals surface area contributed by atoms with Crippen molar-refractivity contribution >= 4 is 33.3 Å². The van der Waals surface area contributed by atoms with Crippen LogP contribution < -0.4 is 10.5 Å². The number of ketones is 1. The van der Waals surface area contributed by atoms with E-state index in [0.717, 1.165) is 0 Å². The van der Waals surface area contributed by atoms with Crippen molar-refractivity contribution in [3.63, 3.8) is 0 Å². The van der Waals surface area contributed by atoms with Crippen LogP contribution in [0.1, 0.15) is 23.2 Å². The summed E-state index contributed by atoms with van der Waals surface area (Å²) in [6.45, 7) is 0. The molecule has 0 saturated carbocycles. The van der Waals surface area contributed by atoms with E-state index in [9.17, 15) is 18.0 Å². The smallest absolute Gasteiger partial charge is 0.241 e. The number of carbonyl (C=O) groups excluding carboxylic acids is 2. The highest BCUT2D eigenvalue weighted by Gasteiger charge is 2.18. The van der Waals surface area contributed by atoms with Crippen LogP contribution in [0.5, 0.6) is 0 Å². The molecule has 1 amide bonds. The van der Waals surface area contributed by atoms with Crippen molar-refractivity contribution in [1.29, 1.82) is 0 Å². The molecule has 6 nitrogen and oxygen atoms in total. The maximum absolute atomic E-state index is 11.8. The van der Waals surface area contributed by atoms with E-state index >= 15 is 0 Å². The number of halogens is 1. The van der Waals surface area contributed by atoms with Crippen LogP contribution in [0.2, 0.25) is 5.02 Å². The number of amides is 1. The number of rotatable bonds is 6. The lowest BCUT2D eigenvalue weighted by atomic mass is 10.1. The lowest BCUT2D eigenvalue weighted by Crippen LogP contribution is -2.19. The predicted octanol–water partition coefficient (Wildman–Crippen LogP) is 0.696. The summed E-state index contributed by atoms with van der Waals surface area (Å²) >= 11 is 5.79. The van der Waals surface area contributed by atoms with Crippen molar-refractivity contribution in [2.24, 2.45) is 5.73 Å². The molecule has 1 rings (SSSR count). The van der Waals surface area contributed by atoms with Crippen molar-refractivity contribution in [2.75, 3.05) is 7.05 Å². The zero-order valence-corrected chi connectivity index (χ0v) is 11.7. The minimum Gasteiger partial charge on any atom is -0.370 e. The molecule has 8 heteroatoms. The maximum atomic E-state index is 11.8. The van der Waals surface area contributed by atoms with Crippen LogP contribution in [0.4, 0.5) is 0 Å². The van der Waals surface area contributed by atoms with Gasteiger partial charge in [-0.05, 0) is 25.2 Å². The summed E-state index contributed by atoms with van der Waals surface area (Å²) in [5.41, 5.74) is 5.11. The van der Waals surface area contributed by atoms with E-state index in [4.69, 9.17) is 17.3 Å². The number of hydrogen-bond donors (Lipinski definition) is 2. The SMILES string of the molecule is CNS(=O)(=O)c1cc(C(=O)CCC(N)=O)ccc1Cl. The first kappa shape index (κ1) is 15.6. The normalized spacial score (nSPS) is 11.3. The Morgan fingerprint density at radius 3 is 2.47 bits per heavy atom. The van der Waals surface area contributed by atoms with Crippen LogP contribution in [-0.4, -0.2) is 27.2 Å². The molecule has 0 fully saturated rings. The molecule has 0 aliphatic carbocycles. The lowest BCUT2D eigenvalue weighted by molar-refractivity contribution is -0.118. The summed E-state index contributed by atoms with van der Waals surface area (Å²) in [7, 11) is -2.50. The molecule has 0 heterocycles. The third-order valence-electron chi connectivity index (χ3n) is 2.41. The average molecular weight is 305 g/mol. The summed E-state index contributed by atoms with van der Waals surface area (Å²) in [5.74, 6) is -0.964. The lowest BCUT2D eigenvalue weighted by Gasteiger charge is -2.07. The quantitative estimate of drug-likeness (QED) is 0.754. The van der Waals surface area contributed by atoms with Crippen LogP contribution in [-0.2, 0) is 14.8 Å². The first-order chi connectivity index (χ1) is 8.77. The van der Waals surface area contributed by atoms with E-state index in [1.165, 1.54) is 25.2 Å². The van der Waals surface area contributed by atoms with Crippen LogP contribution in [0.3, 0.4) is 0 Å². The van der Waals surface area contributed by atoms with Gasteiger partial charge in [0.05, 0.1) is 5.02 Å². The monoisotopic (exact) mass is 304 g/mol. The fourth-order valence-corrected chi connectivity index (χ4v) is 2.62. The van der Waals surface area contributed by atoms with Gasteiger partial charge in [0.1, 0.15) is 4.90 Å². The Hall–Kier alpha value is -1.44. The third-order valence-corrected chi connectivity index (χ3v) is 4.31. The van der Waals surface area contributed by atoms with Gasteiger partial charge < -0.3 is 5.73 Å². The van der Waals surface area contributed by atoms with Crippen LogP contribution in [0.15, 0.2) is 23.1 Å². The van der Waals surface area contributed by atoms with E-state index in [2.05, 4.69) is 4.72 Å². The molecule has 19 heavy (non-hydrogen) atoms. The van der Waals surface area contributed by atoms with Crippen LogP contribution in [0, 0.1) is 0 Å². The van der Waals surface area contributed by atoms with Gasteiger partial charge >= 0.3 is 0 Å². The van der Waals surface area contributed by atoms with Crippen molar-refractivity contribution < 1.29 is 18.0 Å². The summed E-state index contributed by atoms with van der Waals surface area (Å²) in [6.07, 6.45) is -0.161. The Morgan fingerprint density at radius 2 is 1.95 bits per heavy atom. The van der Waals surface area contributed by atoms with E-state index in [1.54, 1.807) is 0 Å². The molecule has 0 unspecified atom stereocenters. The van der Waals surface area contributed by atoms with E-state index < -0.39 is 15.9 Å². The molecule has 0 aromatic heterocycles. The zero-order chi connectivity index (χ0) is 14.6. The van der Waals surface area contributed by atoms with E-state index in [0.29, 0.717) is 0 Å². The van der Waals surface area contributed by atoms with Crippen molar-refractivity contribution in [2.45, 2.75) is 17.7 Å². The Bertz CT molecular complexity index is 613. The van der Waals surface area contributed by atoms with Gasteiger partial charge in [-0.25, -0.2) is 13.1 Å². The minimum absolute atomic E-state index is 0.0146. The average Bonchev–Trinajstić information content (AvgIpc) is 2.36. The fraction of sp³-hybridized carbons (Fsp3) is 0.273. The van der Waals surface area contributed by atoms with E-state index in [-0.39, 0.29) is 34.1 Å². The minimum atomic E-state index is -3.74. The largest absolute Gasteiger partial charge is 0.370 e. The number of hydrogen-bond acceptors (Lipinski definition) is 4. The summed E-state index contributed by atoms with van der Waals surface area (Å²) in [5, 5.41) is 0.0146. The molecule has 3 N–H and O–H groups in total. The standard InChI is InChI=1S/C11H13ClN2O4S/c1-14-19(17,18)10-6-7(2-3-8(10)12)9(15)4-5-11(13)16/h2-3,6,14H,4-5H2,1H3,(H2,13,16). The molecule has 0 atom stereocenters. The number of nitrogens with one attached hydrogen (secondary N) is 1. The summed E-state index contributed by atoms with van der Waals surface area (Å²) < 4.78 is 25.5. The third kappa shape index (κ3) is 4.02. The van der Waals surface area contributed by atoms with Gasteiger partial charge in [-0.15, -0.1) is 0 Å². The molecule has 104 valence electrons. The van der Waals surface area contributed by atoms with Gasteiger partial charge in [0.2, 0.25) is 15.9 Å².